The van der Waals surface area contributed by atoms with E-state index in [2.05, 4.69) is 6.92 Å². The van der Waals surface area contributed by atoms with E-state index in [1.165, 1.54) is 31.4 Å². The highest BCUT2D eigenvalue weighted by Gasteiger charge is 2.12. The first-order chi connectivity index (χ1) is 14.5. The van der Waals surface area contributed by atoms with E-state index in [0.29, 0.717) is 23.0 Å². The van der Waals surface area contributed by atoms with Crippen LogP contribution in [0.5, 0.6) is 34.5 Å². The molecule has 0 aliphatic carbocycles. The molecule has 30 heavy (non-hydrogen) atoms. The van der Waals surface area contributed by atoms with E-state index in [1.807, 2.05) is 18.2 Å². The topological polar surface area (TPSA) is 111 Å². The molecule has 0 aliphatic rings. The van der Waals surface area contributed by atoms with Crippen LogP contribution in [0.15, 0.2) is 54.6 Å². The zero-order chi connectivity index (χ0) is 21.5. The largest absolute Gasteiger partial charge is 0.506 e. The number of benzene rings is 3. The lowest BCUT2D eigenvalue weighted by atomic mass is 10.1. The highest BCUT2D eigenvalue weighted by Crippen LogP contribution is 2.38. The van der Waals surface area contributed by atoms with Crippen molar-refractivity contribution in [3.05, 3.63) is 60.2 Å². The molecule has 158 valence electrons. The van der Waals surface area contributed by atoms with Gasteiger partial charge in [0, 0.05) is 12.1 Å². The number of anilines is 2. The molecule has 0 aliphatic heterocycles. The van der Waals surface area contributed by atoms with Crippen molar-refractivity contribution < 1.29 is 19.7 Å². The molecule has 0 heterocycles. The van der Waals surface area contributed by atoms with Crippen LogP contribution in [0.4, 0.5) is 11.4 Å². The van der Waals surface area contributed by atoms with Gasteiger partial charge in [-0.25, -0.2) is 0 Å². The van der Waals surface area contributed by atoms with Crippen LogP contribution in [-0.4, -0.2) is 10.2 Å². The molecule has 0 fully saturated rings. The Labute approximate surface area is 176 Å². The second kappa shape index (κ2) is 9.78. The second-order valence-corrected chi connectivity index (χ2v) is 7.24. The summed E-state index contributed by atoms with van der Waals surface area (Å²) in [6.07, 6.45) is 5.63. The predicted molar refractivity (Wildman–Crippen MR) is 119 cm³/mol. The number of phenols is 2. The van der Waals surface area contributed by atoms with Crippen molar-refractivity contribution in [1.82, 2.24) is 0 Å². The Balaban J connectivity index is 1.87. The number of phenolic OH excluding ortho intramolecular Hbond substituents is 2. The number of nitrogen functional groups attached to an aromatic ring is 2. The van der Waals surface area contributed by atoms with Crippen molar-refractivity contribution in [3.63, 3.8) is 0 Å². The Bertz CT molecular complexity index is 1000. The zero-order valence-electron chi connectivity index (χ0n) is 17.1. The molecule has 0 amide bonds. The van der Waals surface area contributed by atoms with Gasteiger partial charge in [0.2, 0.25) is 0 Å². The van der Waals surface area contributed by atoms with E-state index in [0.717, 1.165) is 18.4 Å². The standard InChI is InChI=1S/C24H28N2O4/c1-2-3-4-5-6-16-7-12-23(29-17-8-10-19(25)21(27)14-17)24(13-16)30-18-9-11-20(26)22(28)15-18/h7-15,27-28H,2-6,25-26H2,1H3. The van der Waals surface area contributed by atoms with Crippen LogP contribution in [-0.2, 0) is 6.42 Å². The van der Waals surface area contributed by atoms with Gasteiger partial charge in [-0.2, -0.15) is 0 Å². The number of aromatic hydroxyl groups is 2. The van der Waals surface area contributed by atoms with Gasteiger partial charge in [-0.3, -0.25) is 0 Å². The molecule has 0 aromatic heterocycles. The van der Waals surface area contributed by atoms with Crippen LogP contribution in [0.3, 0.4) is 0 Å². The Hall–Kier alpha value is -3.54. The molecule has 3 aromatic rings. The van der Waals surface area contributed by atoms with E-state index >= 15 is 0 Å². The lowest BCUT2D eigenvalue weighted by Gasteiger charge is -2.15. The molecule has 3 rings (SSSR count). The summed E-state index contributed by atoms with van der Waals surface area (Å²) in [5.41, 5.74) is 13.0. The van der Waals surface area contributed by atoms with Gasteiger partial charge >= 0.3 is 0 Å². The first-order valence-electron chi connectivity index (χ1n) is 10.1. The first-order valence-corrected chi connectivity index (χ1v) is 10.1. The minimum absolute atomic E-state index is 0.0471. The van der Waals surface area contributed by atoms with Crippen LogP contribution >= 0.6 is 0 Å². The van der Waals surface area contributed by atoms with Crippen LogP contribution in [0.2, 0.25) is 0 Å². The molecule has 0 radical (unpaired) electrons. The molecule has 0 unspecified atom stereocenters. The number of rotatable bonds is 9. The van der Waals surface area contributed by atoms with Crippen LogP contribution in [0.1, 0.15) is 38.2 Å². The molecule has 3 aromatic carbocycles. The number of hydrogen-bond acceptors (Lipinski definition) is 6. The Morgan fingerprint density at radius 1 is 0.700 bits per heavy atom. The van der Waals surface area contributed by atoms with Crippen molar-refractivity contribution in [2.45, 2.75) is 39.0 Å². The van der Waals surface area contributed by atoms with E-state index in [1.54, 1.807) is 24.3 Å². The molecule has 0 bridgehead atoms. The summed E-state index contributed by atoms with van der Waals surface area (Å²) >= 11 is 0. The molecule has 6 nitrogen and oxygen atoms in total. The smallest absolute Gasteiger partial charge is 0.170 e. The first kappa shape index (κ1) is 21.2. The van der Waals surface area contributed by atoms with Crippen molar-refractivity contribution in [3.8, 4) is 34.5 Å². The maximum Gasteiger partial charge on any atom is 0.170 e. The van der Waals surface area contributed by atoms with E-state index in [-0.39, 0.29) is 22.9 Å². The Kier molecular flexibility index (Phi) is 6.91. The molecular formula is C24H28N2O4. The minimum atomic E-state index is -0.0500. The van der Waals surface area contributed by atoms with E-state index in [4.69, 9.17) is 20.9 Å². The fourth-order valence-corrected chi connectivity index (χ4v) is 3.06. The lowest BCUT2D eigenvalue weighted by molar-refractivity contribution is 0.411. The number of ether oxygens (including phenoxy) is 2. The fourth-order valence-electron chi connectivity index (χ4n) is 3.06. The molecule has 0 saturated heterocycles. The van der Waals surface area contributed by atoms with Gasteiger partial charge in [0.05, 0.1) is 11.4 Å². The van der Waals surface area contributed by atoms with E-state index < -0.39 is 0 Å². The maximum atomic E-state index is 9.88. The molecular weight excluding hydrogens is 380 g/mol. The Morgan fingerprint density at radius 2 is 1.30 bits per heavy atom. The molecule has 0 spiro atoms. The van der Waals surface area contributed by atoms with Gasteiger partial charge in [-0.15, -0.1) is 0 Å². The van der Waals surface area contributed by atoms with Gasteiger partial charge in [0.1, 0.15) is 23.0 Å². The summed E-state index contributed by atoms with van der Waals surface area (Å²) in [7, 11) is 0. The van der Waals surface area contributed by atoms with Gasteiger partial charge in [0.15, 0.2) is 11.5 Å². The average molecular weight is 408 g/mol. The Morgan fingerprint density at radius 3 is 1.87 bits per heavy atom. The second-order valence-electron chi connectivity index (χ2n) is 7.24. The number of nitrogens with two attached hydrogens (primary N) is 2. The van der Waals surface area contributed by atoms with Crippen LogP contribution in [0, 0.1) is 0 Å². The van der Waals surface area contributed by atoms with Gasteiger partial charge < -0.3 is 31.2 Å². The average Bonchev–Trinajstić information content (AvgIpc) is 2.72. The van der Waals surface area contributed by atoms with Gasteiger partial charge in [-0.05, 0) is 54.8 Å². The molecule has 6 heteroatoms. The third-order valence-electron chi connectivity index (χ3n) is 4.79. The SMILES string of the molecule is CCCCCCc1ccc(Oc2ccc(N)c(O)c2)c(Oc2ccc(N)c(O)c2)c1. The number of unbranched alkanes of at least 4 members (excludes halogenated alkanes) is 3. The number of aryl methyl sites for hydroxylation is 1. The summed E-state index contributed by atoms with van der Waals surface area (Å²) in [5, 5.41) is 19.7. The molecule has 0 atom stereocenters. The molecule has 6 N–H and O–H groups in total. The monoisotopic (exact) mass is 408 g/mol. The highest BCUT2D eigenvalue weighted by atomic mass is 16.5. The summed E-state index contributed by atoms with van der Waals surface area (Å²) in [5.74, 6) is 1.76. The summed E-state index contributed by atoms with van der Waals surface area (Å²) in [6, 6.07) is 15.2. The predicted octanol–water partition coefficient (Wildman–Crippen LogP) is 5.97. The minimum Gasteiger partial charge on any atom is -0.506 e. The van der Waals surface area contributed by atoms with Crippen molar-refractivity contribution >= 4 is 11.4 Å². The lowest BCUT2D eigenvalue weighted by Crippen LogP contribution is -1.95. The van der Waals surface area contributed by atoms with Crippen LogP contribution < -0.4 is 20.9 Å². The van der Waals surface area contributed by atoms with Crippen LogP contribution in [0.25, 0.3) is 0 Å². The molecule has 0 saturated carbocycles. The van der Waals surface area contributed by atoms with Gasteiger partial charge in [0.25, 0.3) is 0 Å². The summed E-state index contributed by atoms with van der Waals surface area (Å²) < 4.78 is 12.0. The normalized spacial score (nSPS) is 10.7. The zero-order valence-corrected chi connectivity index (χ0v) is 17.1. The third kappa shape index (κ3) is 5.50. The van der Waals surface area contributed by atoms with Gasteiger partial charge in [-0.1, -0.05) is 32.3 Å². The van der Waals surface area contributed by atoms with Crippen molar-refractivity contribution in [2.24, 2.45) is 0 Å². The third-order valence-corrected chi connectivity index (χ3v) is 4.79. The quantitative estimate of drug-likeness (QED) is 0.197. The summed E-state index contributed by atoms with van der Waals surface area (Å²) in [6.45, 7) is 2.19. The number of hydrogen-bond donors (Lipinski definition) is 4. The maximum absolute atomic E-state index is 9.88. The summed E-state index contributed by atoms with van der Waals surface area (Å²) in [4.78, 5) is 0. The fraction of sp³-hybridized carbons (Fsp3) is 0.250. The highest BCUT2D eigenvalue weighted by molar-refractivity contribution is 5.57. The van der Waals surface area contributed by atoms with Crippen molar-refractivity contribution in [1.29, 1.82) is 0 Å². The van der Waals surface area contributed by atoms with Crippen molar-refractivity contribution in [2.75, 3.05) is 11.5 Å². The van der Waals surface area contributed by atoms with E-state index in [9.17, 15) is 10.2 Å².